The largest absolute Gasteiger partial charge is 0.314 e. The predicted octanol–water partition coefficient (Wildman–Crippen LogP) is 4.09. The van der Waals surface area contributed by atoms with Gasteiger partial charge in [-0.05, 0) is 41.6 Å². The Morgan fingerprint density at radius 3 is 2.72 bits per heavy atom. The number of fused-ring (bicyclic) bond motifs is 1. The molecule has 2 unspecified atom stereocenters. The van der Waals surface area contributed by atoms with Crippen LogP contribution in [0.2, 0.25) is 0 Å². The van der Waals surface area contributed by atoms with E-state index in [0.29, 0.717) is 12.0 Å². The fraction of sp³-hybridized carbons (Fsp3) is 0.412. The van der Waals surface area contributed by atoms with Gasteiger partial charge in [0.15, 0.2) is 0 Å². The van der Waals surface area contributed by atoms with E-state index in [4.69, 9.17) is 0 Å². The molecule has 1 heteroatoms. The molecule has 0 aliphatic heterocycles. The highest BCUT2D eigenvalue weighted by molar-refractivity contribution is 5.83. The SMILES string of the molecule is CCNC1CCCC1c1ccc2ccccc2c1. The van der Waals surface area contributed by atoms with Crippen LogP contribution in [0.1, 0.15) is 37.7 Å². The first-order valence-corrected chi connectivity index (χ1v) is 7.10. The van der Waals surface area contributed by atoms with Gasteiger partial charge in [-0.3, -0.25) is 0 Å². The lowest BCUT2D eigenvalue weighted by atomic mass is 9.92. The van der Waals surface area contributed by atoms with Gasteiger partial charge in [0.2, 0.25) is 0 Å². The second kappa shape index (κ2) is 5.11. The van der Waals surface area contributed by atoms with E-state index in [2.05, 4.69) is 54.7 Å². The van der Waals surface area contributed by atoms with Crippen molar-refractivity contribution in [3.8, 4) is 0 Å². The van der Waals surface area contributed by atoms with Gasteiger partial charge in [0.25, 0.3) is 0 Å². The second-order valence-corrected chi connectivity index (χ2v) is 5.31. The average Bonchev–Trinajstić information content (AvgIpc) is 2.87. The lowest BCUT2D eigenvalue weighted by molar-refractivity contribution is 0.493. The van der Waals surface area contributed by atoms with Crippen molar-refractivity contribution in [2.75, 3.05) is 6.54 Å². The lowest BCUT2D eigenvalue weighted by Gasteiger charge is -2.21. The molecule has 0 spiro atoms. The molecule has 1 nitrogen and oxygen atoms in total. The molecule has 94 valence electrons. The standard InChI is InChI=1S/C17H21N/c1-2-18-17-9-5-8-16(17)15-11-10-13-6-3-4-7-14(13)12-15/h3-4,6-7,10-12,16-18H,2,5,8-9H2,1H3. The van der Waals surface area contributed by atoms with Crippen LogP contribution in [0.15, 0.2) is 42.5 Å². The number of rotatable bonds is 3. The van der Waals surface area contributed by atoms with Gasteiger partial charge in [-0.1, -0.05) is 55.8 Å². The molecule has 0 amide bonds. The third-order valence-corrected chi connectivity index (χ3v) is 4.18. The summed E-state index contributed by atoms with van der Waals surface area (Å²) in [6, 6.07) is 16.3. The Labute approximate surface area is 109 Å². The summed E-state index contributed by atoms with van der Waals surface area (Å²) in [5, 5.41) is 6.36. The van der Waals surface area contributed by atoms with Gasteiger partial charge in [0.05, 0.1) is 0 Å². The molecule has 1 aliphatic carbocycles. The summed E-state index contributed by atoms with van der Waals surface area (Å²) in [4.78, 5) is 0. The number of likely N-dealkylation sites (N-methyl/N-ethyl adjacent to an activating group) is 1. The Balaban J connectivity index is 1.93. The molecule has 1 aliphatic rings. The lowest BCUT2D eigenvalue weighted by Crippen LogP contribution is -2.30. The zero-order valence-corrected chi connectivity index (χ0v) is 11.0. The van der Waals surface area contributed by atoms with Crippen molar-refractivity contribution in [3.63, 3.8) is 0 Å². The summed E-state index contributed by atoms with van der Waals surface area (Å²) >= 11 is 0. The number of hydrogen-bond donors (Lipinski definition) is 1. The maximum Gasteiger partial charge on any atom is 0.0136 e. The van der Waals surface area contributed by atoms with Crippen molar-refractivity contribution in [1.29, 1.82) is 0 Å². The van der Waals surface area contributed by atoms with Crippen molar-refractivity contribution < 1.29 is 0 Å². The van der Waals surface area contributed by atoms with Crippen LogP contribution in [0, 0.1) is 0 Å². The van der Waals surface area contributed by atoms with E-state index in [1.807, 2.05) is 0 Å². The van der Waals surface area contributed by atoms with Crippen LogP contribution in [0.3, 0.4) is 0 Å². The topological polar surface area (TPSA) is 12.0 Å². The normalized spacial score (nSPS) is 23.6. The maximum absolute atomic E-state index is 3.64. The molecule has 1 saturated carbocycles. The van der Waals surface area contributed by atoms with Crippen molar-refractivity contribution in [1.82, 2.24) is 5.32 Å². The summed E-state index contributed by atoms with van der Waals surface area (Å²) in [6.45, 7) is 3.28. The minimum atomic E-state index is 0.677. The second-order valence-electron chi connectivity index (χ2n) is 5.31. The Bertz CT molecular complexity index is 532. The van der Waals surface area contributed by atoms with E-state index in [0.717, 1.165) is 6.54 Å². The quantitative estimate of drug-likeness (QED) is 0.850. The van der Waals surface area contributed by atoms with Crippen LogP contribution >= 0.6 is 0 Å². The molecule has 1 N–H and O–H groups in total. The van der Waals surface area contributed by atoms with Gasteiger partial charge in [0, 0.05) is 6.04 Å². The van der Waals surface area contributed by atoms with Crippen molar-refractivity contribution in [2.45, 2.75) is 38.1 Å². The van der Waals surface area contributed by atoms with Gasteiger partial charge in [0.1, 0.15) is 0 Å². The molecule has 0 radical (unpaired) electrons. The summed E-state index contributed by atoms with van der Waals surface area (Å²) in [5.41, 5.74) is 1.51. The zero-order chi connectivity index (χ0) is 12.4. The molecule has 18 heavy (non-hydrogen) atoms. The molecule has 2 aromatic rings. The molecule has 2 atom stereocenters. The molecule has 3 rings (SSSR count). The van der Waals surface area contributed by atoms with Crippen LogP contribution in [0.25, 0.3) is 10.8 Å². The molecule has 1 fully saturated rings. The first kappa shape index (κ1) is 11.7. The van der Waals surface area contributed by atoms with Crippen LogP contribution in [0.5, 0.6) is 0 Å². The Hall–Kier alpha value is -1.34. The minimum Gasteiger partial charge on any atom is -0.314 e. The van der Waals surface area contributed by atoms with Crippen molar-refractivity contribution in [2.24, 2.45) is 0 Å². The monoisotopic (exact) mass is 239 g/mol. The summed E-state index contributed by atoms with van der Waals surface area (Å²) < 4.78 is 0. The highest BCUT2D eigenvalue weighted by atomic mass is 14.9. The number of nitrogens with one attached hydrogen (secondary N) is 1. The van der Waals surface area contributed by atoms with Gasteiger partial charge in [-0.15, -0.1) is 0 Å². The summed E-state index contributed by atoms with van der Waals surface area (Å²) in [7, 11) is 0. The Kier molecular flexibility index (Phi) is 3.33. The van der Waals surface area contributed by atoms with Crippen LogP contribution < -0.4 is 5.32 Å². The molecule has 0 saturated heterocycles. The Morgan fingerprint density at radius 1 is 1.06 bits per heavy atom. The third kappa shape index (κ3) is 2.15. The van der Waals surface area contributed by atoms with E-state index in [1.54, 1.807) is 0 Å². The van der Waals surface area contributed by atoms with E-state index in [9.17, 15) is 0 Å². The Morgan fingerprint density at radius 2 is 1.89 bits per heavy atom. The molecular formula is C17H21N. The van der Waals surface area contributed by atoms with E-state index >= 15 is 0 Å². The first-order chi connectivity index (χ1) is 8.88. The molecule has 0 bridgehead atoms. The zero-order valence-electron chi connectivity index (χ0n) is 11.0. The van der Waals surface area contributed by atoms with Gasteiger partial charge in [-0.25, -0.2) is 0 Å². The van der Waals surface area contributed by atoms with Gasteiger partial charge in [-0.2, -0.15) is 0 Å². The minimum absolute atomic E-state index is 0.677. The first-order valence-electron chi connectivity index (χ1n) is 7.10. The van der Waals surface area contributed by atoms with Crippen LogP contribution in [0.4, 0.5) is 0 Å². The molecule has 0 heterocycles. The fourth-order valence-corrected chi connectivity index (χ4v) is 3.30. The molecule has 0 aromatic heterocycles. The average molecular weight is 239 g/mol. The van der Waals surface area contributed by atoms with Crippen molar-refractivity contribution in [3.05, 3.63) is 48.0 Å². The maximum atomic E-state index is 3.64. The predicted molar refractivity (Wildman–Crippen MR) is 78.0 cm³/mol. The summed E-state index contributed by atoms with van der Waals surface area (Å²) in [6.07, 6.45) is 4.01. The van der Waals surface area contributed by atoms with E-state index < -0.39 is 0 Å². The van der Waals surface area contributed by atoms with Crippen molar-refractivity contribution >= 4 is 10.8 Å². The van der Waals surface area contributed by atoms with Gasteiger partial charge < -0.3 is 5.32 Å². The highest BCUT2D eigenvalue weighted by Gasteiger charge is 2.27. The van der Waals surface area contributed by atoms with E-state index in [-0.39, 0.29) is 0 Å². The highest BCUT2D eigenvalue weighted by Crippen LogP contribution is 2.35. The van der Waals surface area contributed by atoms with Gasteiger partial charge >= 0.3 is 0 Å². The third-order valence-electron chi connectivity index (χ3n) is 4.18. The molecule has 2 aromatic carbocycles. The summed E-state index contributed by atoms with van der Waals surface area (Å²) in [5.74, 6) is 0.703. The van der Waals surface area contributed by atoms with Crippen LogP contribution in [-0.4, -0.2) is 12.6 Å². The fourth-order valence-electron chi connectivity index (χ4n) is 3.30. The number of hydrogen-bond acceptors (Lipinski definition) is 1. The van der Waals surface area contributed by atoms with E-state index in [1.165, 1.54) is 35.6 Å². The number of benzene rings is 2. The molecular weight excluding hydrogens is 218 g/mol. The van der Waals surface area contributed by atoms with Crippen LogP contribution in [-0.2, 0) is 0 Å². The smallest absolute Gasteiger partial charge is 0.0136 e.